The highest BCUT2D eigenvalue weighted by Crippen LogP contribution is 2.37. The maximum atomic E-state index is 12.6. The van der Waals surface area contributed by atoms with Gasteiger partial charge in [-0.05, 0) is 66.8 Å². The fourth-order valence-corrected chi connectivity index (χ4v) is 6.29. The molecule has 1 aliphatic carbocycles. The van der Waals surface area contributed by atoms with E-state index in [2.05, 4.69) is 50.2 Å². The number of carbonyl (C=O) groups excluding carboxylic acids is 1. The zero-order chi connectivity index (χ0) is 26.6. The fraction of sp³-hybridized carbons (Fsp3) is 0.333. The smallest absolute Gasteiger partial charge is 0.227 e. The van der Waals surface area contributed by atoms with Crippen LogP contribution in [0.1, 0.15) is 48.8 Å². The molecule has 1 amide bonds. The second-order valence-corrected chi connectivity index (χ2v) is 11.3. The van der Waals surface area contributed by atoms with E-state index in [0.717, 1.165) is 78.3 Å². The average Bonchev–Trinajstić information content (AvgIpc) is 3.38. The summed E-state index contributed by atoms with van der Waals surface area (Å²) in [5.41, 5.74) is 13.3. The van der Waals surface area contributed by atoms with Gasteiger partial charge in [-0.15, -0.1) is 0 Å². The SMILES string of the molecule is Nc1nc(-c2cccc(CNC(=O)C3CCCCC3)c2)c(-c2ccnc(Nc3ccc4c(c3)CNCC4)n2)s1. The fourth-order valence-electron chi connectivity index (χ4n) is 5.47. The number of carbonyl (C=O) groups is 1. The first-order valence-corrected chi connectivity index (χ1v) is 14.5. The Morgan fingerprint density at radius 1 is 1.05 bits per heavy atom. The number of fused-ring (bicyclic) bond motifs is 1. The molecule has 1 saturated carbocycles. The minimum absolute atomic E-state index is 0.144. The normalized spacial score (nSPS) is 15.5. The van der Waals surface area contributed by atoms with E-state index < -0.39 is 0 Å². The molecule has 8 nitrogen and oxygen atoms in total. The van der Waals surface area contributed by atoms with Crippen LogP contribution in [0.25, 0.3) is 21.8 Å². The molecule has 1 fully saturated rings. The zero-order valence-corrected chi connectivity index (χ0v) is 22.7. The van der Waals surface area contributed by atoms with Crippen LogP contribution in [0.3, 0.4) is 0 Å². The minimum Gasteiger partial charge on any atom is -0.375 e. The number of amides is 1. The highest BCUT2D eigenvalue weighted by Gasteiger charge is 2.21. The molecule has 2 aromatic heterocycles. The van der Waals surface area contributed by atoms with E-state index in [4.69, 9.17) is 10.7 Å². The molecule has 1 aliphatic heterocycles. The summed E-state index contributed by atoms with van der Waals surface area (Å²) < 4.78 is 0. The number of hydrogen-bond acceptors (Lipinski definition) is 8. The van der Waals surface area contributed by atoms with Gasteiger partial charge in [0, 0.05) is 36.5 Å². The number of nitrogens with one attached hydrogen (secondary N) is 3. The predicted octanol–water partition coefficient (Wildman–Crippen LogP) is 5.44. The minimum atomic E-state index is 0.144. The van der Waals surface area contributed by atoms with Crippen molar-refractivity contribution >= 4 is 34.0 Å². The molecule has 0 saturated heterocycles. The first-order chi connectivity index (χ1) is 19.1. The molecule has 4 aromatic rings. The molecule has 0 radical (unpaired) electrons. The quantitative estimate of drug-likeness (QED) is 0.247. The van der Waals surface area contributed by atoms with Crippen molar-refractivity contribution in [3.05, 3.63) is 71.4 Å². The van der Waals surface area contributed by atoms with Crippen molar-refractivity contribution < 1.29 is 4.79 Å². The molecule has 0 bridgehead atoms. The predicted molar refractivity (Wildman–Crippen MR) is 157 cm³/mol. The highest BCUT2D eigenvalue weighted by atomic mass is 32.1. The lowest BCUT2D eigenvalue weighted by atomic mass is 9.88. The molecule has 2 aromatic carbocycles. The Balaban J connectivity index is 1.21. The molecule has 0 atom stereocenters. The highest BCUT2D eigenvalue weighted by molar-refractivity contribution is 7.19. The zero-order valence-electron chi connectivity index (χ0n) is 21.9. The van der Waals surface area contributed by atoms with Crippen molar-refractivity contribution in [1.29, 1.82) is 0 Å². The van der Waals surface area contributed by atoms with Gasteiger partial charge in [0.2, 0.25) is 11.9 Å². The number of thiazole rings is 1. The molecular formula is C30H33N7OS. The Hall–Kier alpha value is -3.82. The van der Waals surface area contributed by atoms with Gasteiger partial charge in [0.25, 0.3) is 0 Å². The topological polar surface area (TPSA) is 118 Å². The van der Waals surface area contributed by atoms with Gasteiger partial charge in [-0.3, -0.25) is 4.79 Å². The van der Waals surface area contributed by atoms with E-state index in [0.29, 0.717) is 17.6 Å². The Kier molecular flexibility index (Phi) is 7.51. The van der Waals surface area contributed by atoms with E-state index in [1.165, 1.54) is 28.9 Å². The second kappa shape index (κ2) is 11.5. The van der Waals surface area contributed by atoms with Crippen molar-refractivity contribution in [2.75, 3.05) is 17.6 Å². The lowest BCUT2D eigenvalue weighted by molar-refractivity contribution is -0.126. The molecule has 200 valence electrons. The van der Waals surface area contributed by atoms with Gasteiger partial charge in [-0.2, -0.15) is 0 Å². The Morgan fingerprint density at radius 2 is 1.95 bits per heavy atom. The number of nitrogens with two attached hydrogens (primary N) is 1. The summed E-state index contributed by atoms with van der Waals surface area (Å²) in [6.07, 6.45) is 8.31. The molecule has 6 rings (SSSR count). The van der Waals surface area contributed by atoms with Crippen molar-refractivity contribution in [3.8, 4) is 21.8 Å². The van der Waals surface area contributed by atoms with Crippen LogP contribution >= 0.6 is 11.3 Å². The van der Waals surface area contributed by atoms with Crippen LogP contribution in [0.15, 0.2) is 54.7 Å². The summed E-state index contributed by atoms with van der Waals surface area (Å²) in [5.74, 6) is 0.827. The van der Waals surface area contributed by atoms with Gasteiger partial charge < -0.3 is 21.7 Å². The first kappa shape index (κ1) is 25.5. The van der Waals surface area contributed by atoms with Gasteiger partial charge in [0.1, 0.15) is 0 Å². The number of nitrogen functional groups attached to an aromatic ring is 1. The lowest BCUT2D eigenvalue weighted by Crippen LogP contribution is -2.31. The summed E-state index contributed by atoms with van der Waals surface area (Å²) in [6, 6.07) is 16.4. The standard InChI is InChI=1S/C30H33N7OS/c31-29-37-26(22-8-4-5-19(15-22)17-34-28(38)21-6-2-1-3-7-21)27(39-29)25-12-14-33-30(36-25)35-24-10-9-20-11-13-32-18-23(20)16-24/h4-5,8-10,12,14-16,21,32H,1-3,6-7,11,13,17-18H2,(H2,31,37)(H,34,38)(H,33,35,36). The lowest BCUT2D eigenvalue weighted by Gasteiger charge is -2.20. The summed E-state index contributed by atoms with van der Waals surface area (Å²) in [5, 5.41) is 10.4. The molecule has 5 N–H and O–H groups in total. The molecule has 9 heteroatoms. The van der Waals surface area contributed by atoms with Gasteiger partial charge in [0.15, 0.2) is 5.13 Å². The number of anilines is 3. The summed E-state index contributed by atoms with van der Waals surface area (Å²) in [7, 11) is 0. The van der Waals surface area contributed by atoms with E-state index in [1.54, 1.807) is 6.20 Å². The van der Waals surface area contributed by atoms with Crippen molar-refractivity contribution in [2.24, 2.45) is 5.92 Å². The third-order valence-electron chi connectivity index (χ3n) is 7.52. The van der Waals surface area contributed by atoms with E-state index in [9.17, 15) is 4.79 Å². The van der Waals surface area contributed by atoms with Crippen LogP contribution in [-0.2, 0) is 24.3 Å². The second-order valence-electron chi connectivity index (χ2n) is 10.3. The van der Waals surface area contributed by atoms with Crippen molar-refractivity contribution in [1.82, 2.24) is 25.6 Å². The third kappa shape index (κ3) is 5.94. The Labute approximate surface area is 232 Å². The monoisotopic (exact) mass is 539 g/mol. The number of benzene rings is 2. The molecule has 0 unspecified atom stereocenters. The number of aromatic nitrogens is 3. The van der Waals surface area contributed by atoms with E-state index in [1.807, 2.05) is 24.3 Å². The maximum Gasteiger partial charge on any atom is 0.227 e. The summed E-state index contributed by atoms with van der Waals surface area (Å²) in [6.45, 7) is 2.39. The van der Waals surface area contributed by atoms with Crippen LogP contribution in [0, 0.1) is 5.92 Å². The van der Waals surface area contributed by atoms with Crippen LogP contribution < -0.4 is 21.7 Å². The van der Waals surface area contributed by atoms with E-state index in [-0.39, 0.29) is 11.8 Å². The van der Waals surface area contributed by atoms with Crippen LogP contribution in [0.5, 0.6) is 0 Å². The Bertz CT molecular complexity index is 1480. The number of nitrogens with zero attached hydrogens (tertiary/aromatic N) is 3. The summed E-state index contributed by atoms with van der Waals surface area (Å²) >= 11 is 1.41. The van der Waals surface area contributed by atoms with Gasteiger partial charge in [-0.25, -0.2) is 15.0 Å². The largest absolute Gasteiger partial charge is 0.375 e. The molecule has 3 heterocycles. The average molecular weight is 540 g/mol. The molecule has 2 aliphatic rings. The van der Waals surface area contributed by atoms with Crippen molar-refractivity contribution in [2.45, 2.75) is 51.6 Å². The maximum absolute atomic E-state index is 12.6. The first-order valence-electron chi connectivity index (χ1n) is 13.7. The van der Waals surface area contributed by atoms with Crippen LogP contribution in [0.4, 0.5) is 16.8 Å². The summed E-state index contributed by atoms with van der Waals surface area (Å²) in [4.78, 5) is 27.4. The molecule has 39 heavy (non-hydrogen) atoms. The van der Waals surface area contributed by atoms with Gasteiger partial charge in [0.05, 0.1) is 16.3 Å². The Morgan fingerprint density at radius 3 is 2.85 bits per heavy atom. The van der Waals surface area contributed by atoms with Gasteiger partial charge in [-0.1, -0.05) is 54.9 Å². The molecule has 0 spiro atoms. The van der Waals surface area contributed by atoms with Crippen LogP contribution in [-0.4, -0.2) is 27.4 Å². The number of rotatable bonds is 7. The van der Waals surface area contributed by atoms with Crippen molar-refractivity contribution in [3.63, 3.8) is 0 Å². The molecular weight excluding hydrogens is 506 g/mol. The van der Waals surface area contributed by atoms with Gasteiger partial charge >= 0.3 is 0 Å². The van der Waals surface area contributed by atoms with Crippen LogP contribution in [0.2, 0.25) is 0 Å². The third-order valence-corrected chi connectivity index (χ3v) is 8.43. The van der Waals surface area contributed by atoms with E-state index >= 15 is 0 Å². The number of hydrogen-bond donors (Lipinski definition) is 4.